The van der Waals surface area contributed by atoms with Crippen molar-refractivity contribution in [2.45, 2.75) is 26.3 Å². The van der Waals surface area contributed by atoms with Crippen LogP contribution in [0.25, 0.3) is 5.78 Å². The van der Waals surface area contributed by atoms with Crippen molar-refractivity contribution in [1.82, 2.24) is 24.5 Å². The molecule has 2 aromatic heterocycles. The maximum Gasteiger partial charge on any atom is 0.254 e. The van der Waals surface area contributed by atoms with Crippen molar-refractivity contribution in [2.75, 3.05) is 38.2 Å². The molecule has 0 saturated carbocycles. The second kappa shape index (κ2) is 7.52. The van der Waals surface area contributed by atoms with Gasteiger partial charge >= 0.3 is 0 Å². The lowest BCUT2D eigenvalue weighted by atomic mass is 10.1. The smallest absolute Gasteiger partial charge is 0.254 e. The zero-order chi connectivity index (χ0) is 18.8. The van der Waals surface area contributed by atoms with Crippen LogP contribution in [-0.4, -0.2) is 57.8 Å². The Hall–Kier alpha value is -2.67. The first kappa shape index (κ1) is 17.7. The lowest BCUT2D eigenvalue weighted by Crippen LogP contribution is -2.47. The number of ether oxygens (including phenoxy) is 1. The molecule has 0 N–H and O–H groups in total. The number of benzene rings is 1. The Bertz CT molecular complexity index is 916. The molecule has 4 rings (SSSR count). The summed E-state index contributed by atoms with van der Waals surface area (Å²) >= 11 is 0. The zero-order valence-corrected chi connectivity index (χ0v) is 16.2. The number of hydrogen-bond donors (Lipinski definition) is 0. The number of anilines is 1. The van der Waals surface area contributed by atoms with Crippen LogP contribution >= 0.6 is 0 Å². The number of rotatable bonds is 5. The van der Waals surface area contributed by atoms with Gasteiger partial charge in [-0.05, 0) is 31.0 Å². The van der Waals surface area contributed by atoms with Gasteiger partial charge in [-0.25, -0.2) is 4.98 Å². The highest BCUT2D eigenvalue weighted by Gasteiger charge is 2.24. The number of piperazine rings is 1. The maximum absolute atomic E-state index is 5.37. The van der Waals surface area contributed by atoms with Gasteiger partial charge in [0.1, 0.15) is 17.9 Å². The molecule has 3 aromatic rings. The normalized spacial score (nSPS) is 16.6. The van der Waals surface area contributed by atoms with Crippen molar-refractivity contribution in [2.24, 2.45) is 0 Å². The summed E-state index contributed by atoms with van der Waals surface area (Å²) in [4.78, 5) is 13.7. The summed E-state index contributed by atoms with van der Waals surface area (Å²) in [6.07, 6.45) is 2.47. The number of methoxy groups -OCH3 is 1. The minimum atomic E-state index is 0.359. The molecule has 7 heteroatoms. The molecular formula is C20H26N6O. The SMILES string of the molecule is CCc1cc(N2CCN(C(C)c3cccc(OC)c3)CC2)n2ncnc2n1. The van der Waals surface area contributed by atoms with Crippen molar-refractivity contribution >= 4 is 11.6 Å². The molecule has 1 fully saturated rings. The number of hydrogen-bond acceptors (Lipinski definition) is 6. The van der Waals surface area contributed by atoms with E-state index in [2.05, 4.69) is 63.0 Å². The second-order valence-corrected chi connectivity index (χ2v) is 6.91. The van der Waals surface area contributed by atoms with Gasteiger partial charge in [0.25, 0.3) is 5.78 Å². The van der Waals surface area contributed by atoms with E-state index in [4.69, 9.17) is 4.74 Å². The van der Waals surface area contributed by atoms with Crippen molar-refractivity contribution < 1.29 is 4.74 Å². The molecule has 7 nitrogen and oxygen atoms in total. The van der Waals surface area contributed by atoms with Crippen molar-refractivity contribution in [3.05, 3.63) is 47.9 Å². The summed E-state index contributed by atoms with van der Waals surface area (Å²) < 4.78 is 7.22. The first-order valence-corrected chi connectivity index (χ1v) is 9.52. The fourth-order valence-electron chi connectivity index (χ4n) is 3.70. The molecule has 0 aliphatic carbocycles. The standard InChI is InChI=1S/C20H26N6O/c1-4-17-13-19(26-20(23-17)21-14-22-26)25-10-8-24(9-11-25)15(2)16-6-5-7-18(12-16)27-3/h5-7,12-15H,4,8-11H2,1-3H3. The molecule has 142 valence electrons. The van der Waals surface area contributed by atoms with Gasteiger partial charge in [0.15, 0.2) is 0 Å². The summed E-state index contributed by atoms with van der Waals surface area (Å²) in [6, 6.07) is 10.9. The van der Waals surface area contributed by atoms with E-state index in [-0.39, 0.29) is 0 Å². The van der Waals surface area contributed by atoms with Gasteiger partial charge in [-0.2, -0.15) is 14.6 Å². The van der Waals surface area contributed by atoms with Crippen LogP contribution in [0.4, 0.5) is 5.82 Å². The Morgan fingerprint density at radius 2 is 1.96 bits per heavy atom. The molecule has 0 bridgehead atoms. The van der Waals surface area contributed by atoms with Crippen LogP contribution in [0, 0.1) is 0 Å². The summed E-state index contributed by atoms with van der Waals surface area (Å²) in [5.74, 6) is 2.68. The predicted molar refractivity (Wildman–Crippen MR) is 105 cm³/mol. The third-order valence-corrected chi connectivity index (χ3v) is 5.41. The van der Waals surface area contributed by atoms with Crippen LogP contribution in [0.5, 0.6) is 5.75 Å². The van der Waals surface area contributed by atoms with Crippen LogP contribution in [0.15, 0.2) is 36.7 Å². The topological polar surface area (TPSA) is 58.8 Å². The Morgan fingerprint density at radius 1 is 1.15 bits per heavy atom. The van der Waals surface area contributed by atoms with E-state index in [1.807, 2.05) is 10.6 Å². The highest BCUT2D eigenvalue weighted by Crippen LogP contribution is 2.26. The molecule has 1 aliphatic rings. The first-order chi connectivity index (χ1) is 13.2. The van der Waals surface area contributed by atoms with Crippen molar-refractivity contribution in [3.63, 3.8) is 0 Å². The monoisotopic (exact) mass is 366 g/mol. The van der Waals surface area contributed by atoms with Crippen molar-refractivity contribution in [1.29, 1.82) is 0 Å². The van der Waals surface area contributed by atoms with Crippen LogP contribution in [0.1, 0.15) is 31.1 Å². The first-order valence-electron chi connectivity index (χ1n) is 9.52. The van der Waals surface area contributed by atoms with Gasteiger partial charge in [0.05, 0.1) is 7.11 Å². The largest absolute Gasteiger partial charge is 0.497 e. The number of aryl methyl sites for hydroxylation is 1. The Labute approximate surface area is 159 Å². The highest BCUT2D eigenvalue weighted by atomic mass is 16.5. The van der Waals surface area contributed by atoms with E-state index in [1.165, 1.54) is 5.56 Å². The quantitative estimate of drug-likeness (QED) is 0.692. The van der Waals surface area contributed by atoms with E-state index in [0.29, 0.717) is 11.8 Å². The third-order valence-electron chi connectivity index (χ3n) is 5.41. The minimum Gasteiger partial charge on any atom is -0.497 e. The van der Waals surface area contributed by atoms with Gasteiger partial charge in [-0.1, -0.05) is 19.1 Å². The molecule has 1 aromatic carbocycles. The summed E-state index contributed by atoms with van der Waals surface area (Å²) in [5.41, 5.74) is 2.34. The van der Waals surface area contributed by atoms with Gasteiger partial charge in [0.2, 0.25) is 0 Å². The molecule has 1 aliphatic heterocycles. The van der Waals surface area contributed by atoms with Crippen LogP contribution in [-0.2, 0) is 6.42 Å². The molecule has 0 spiro atoms. The number of nitrogens with zero attached hydrogens (tertiary/aromatic N) is 6. The molecule has 1 atom stereocenters. The number of aromatic nitrogens is 4. The van der Waals surface area contributed by atoms with Crippen LogP contribution in [0.2, 0.25) is 0 Å². The Morgan fingerprint density at radius 3 is 2.70 bits per heavy atom. The minimum absolute atomic E-state index is 0.359. The van der Waals surface area contributed by atoms with Gasteiger partial charge in [0, 0.05) is 44.0 Å². The molecule has 27 heavy (non-hydrogen) atoms. The van der Waals surface area contributed by atoms with E-state index >= 15 is 0 Å². The lowest BCUT2D eigenvalue weighted by molar-refractivity contribution is 0.197. The Kier molecular flexibility index (Phi) is 4.94. The van der Waals surface area contributed by atoms with E-state index in [0.717, 1.165) is 49.9 Å². The third kappa shape index (κ3) is 3.47. The van der Waals surface area contributed by atoms with Gasteiger partial charge in [-0.3, -0.25) is 4.90 Å². The average molecular weight is 366 g/mol. The Balaban J connectivity index is 1.50. The van der Waals surface area contributed by atoms with Gasteiger partial charge < -0.3 is 9.64 Å². The van der Waals surface area contributed by atoms with Gasteiger partial charge in [-0.15, -0.1) is 0 Å². The molecule has 1 unspecified atom stereocenters. The zero-order valence-electron chi connectivity index (χ0n) is 16.2. The summed E-state index contributed by atoms with van der Waals surface area (Å²) in [6.45, 7) is 8.29. The molecule has 0 amide bonds. The highest BCUT2D eigenvalue weighted by molar-refractivity contribution is 5.48. The van der Waals surface area contributed by atoms with E-state index < -0.39 is 0 Å². The average Bonchev–Trinajstić information content (AvgIpc) is 3.21. The summed E-state index contributed by atoms with van der Waals surface area (Å²) in [5, 5.41) is 4.36. The van der Waals surface area contributed by atoms with E-state index in [9.17, 15) is 0 Å². The molecule has 3 heterocycles. The number of fused-ring (bicyclic) bond motifs is 1. The summed E-state index contributed by atoms with van der Waals surface area (Å²) in [7, 11) is 1.71. The van der Waals surface area contributed by atoms with E-state index in [1.54, 1.807) is 13.4 Å². The predicted octanol–water partition coefficient (Wildman–Crippen LogP) is 2.58. The fourth-order valence-corrected chi connectivity index (χ4v) is 3.70. The van der Waals surface area contributed by atoms with Crippen LogP contribution < -0.4 is 9.64 Å². The van der Waals surface area contributed by atoms with Crippen molar-refractivity contribution in [3.8, 4) is 5.75 Å². The molecular weight excluding hydrogens is 340 g/mol. The lowest BCUT2D eigenvalue weighted by Gasteiger charge is -2.39. The fraction of sp³-hybridized carbons (Fsp3) is 0.450. The molecule has 0 radical (unpaired) electrons. The molecule has 1 saturated heterocycles. The van der Waals surface area contributed by atoms with Crippen LogP contribution in [0.3, 0.4) is 0 Å². The second-order valence-electron chi connectivity index (χ2n) is 6.91. The maximum atomic E-state index is 5.37.